The van der Waals surface area contributed by atoms with Gasteiger partial charge in [0, 0.05) is 18.8 Å². The molecule has 1 unspecified atom stereocenters. The van der Waals surface area contributed by atoms with Crippen molar-refractivity contribution in [2.75, 3.05) is 37.1 Å². The number of methoxy groups -OCH3 is 2. The summed E-state index contributed by atoms with van der Waals surface area (Å²) in [5.41, 5.74) is 8.50. The molecule has 1 fully saturated rings. The van der Waals surface area contributed by atoms with Crippen LogP contribution in [0.5, 0.6) is 0 Å². The van der Waals surface area contributed by atoms with E-state index in [1.807, 2.05) is 6.07 Å². The van der Waals surface area contributed by atoms with Crippen LogP contribution in [-0.4, -0.2) is 39.2 Å². The lowest BCUT2D eigenvalue weighted by molar-refractivity contribution is -0.139. The summed E-state index contributed by atoms with van der Waals surface area (Å²) in [5, 5.41) is 20.2. The van der Waals surface area contributed by atoms with Gasteiger partial charge in [0.05, 0.1) is 48.6 Å². The highest BCUT2D eigenvalue weighted by Crippen LogP contribution is 2.43. The van der Waals surface area contributed by atoms with Crippen molar-refractivity contribution in [2.45, 2.75) is 31.6 Å². The van der Waals surface area contributed by atoms with E-state index in [0.717, 1.165) is 44.5 Å². The normalized spacial score (nSPS) is 17.8. The van der Waals surface area contributed by atoms with Crippen LogP contribution >= 0.6 is 0 Å². The molecular weight excluding hydrogens is 482 g/mol. The average Bonchev–Trinajstić information content (AvgIpc) is 3.25. The molecule has 0 spiro atoms. The zero-order chi connectivity index (χ0) is 27.2. The Morgan fingerprint density at radius 1 is 0.921 bits per heavy atom. The minimum absolute atomic E-state index is 0.0409. The summed E-state index contributed by atoms with van der Waals surface area (Å²) in [7, 11) is 2.40. The Morgan fingerprint density at radius 2 is 1.58 bits per heavy atom. The summed E-state index contributed by atoms with van der Waals surface area (Å²) in [5.74, 6) is -2.63. The van der Waals surface area contributed by atoms with Crippen LogP contribution in [0.1, 0.15) is 42.7 Å². The Kier molecular flexibility index (Phi) is 7.98. The van der Waals surface area contributed by atoms with E-state index in [2.05, 4.69) is 17.0 Å². The first-order valence-electron chi connectivity index (χ1n) is 12.4. The maximum Gasteiger partial charge on any atom is 0.355 e. The first-order valence-corrected chi connectivity index (χ1v) is 12.4. The van der Waals surface area contributed by atoms with E-state index in [-0.39, 0.29) is 22.7 Å². The molecule has 194 valence electrons. The Hall–Kier alpha value is -4.76. The van der Waals surface area contributed by atoms with Crippen molar-refractivity contribution in [2.24, 2.45) is 5.73 Å². The van der Waals surface area contributed by atoms with Crippen LogP contribution < -0.4 is 15.5 Å². The van der Waals surface area contributed by atoms with Gasteiger partial charge >= 0.3 is 11.9 Å². The molecule has 2 aromatic carbocycles. The van der Waals surface area contributed by atoms with Crippen molar-refractivity contribution in [3.05, 3.63) is 82.3 Å². The molecule has 2 aliphatic heterocycles. The van der Waals surface area contributed by atoms with Crippen molar-refractivity contribution in [3.8, 4) is 12.1 Å². The van der Waals surface area contributed by atoms with Crippen LogP contribution in [0.4, 0.5) is 11.4 Å². The van der Waals surface area contributed by atoms with E-state index >= 15 is 0 Å². The Balaban J connectivity index is 1.95. The lowest BCUT2D eigenvalue weighted by Gasteiger charge is -2.36. The molecule has 2 N–H and O–H groups in total. The van der Waals surface area contributed by atoms with Gasteiger partial charge in [-0.25, -0.2) is 9.59 Å². The number of nitrogens with two attached hydrogens (primary N) is 1. The number of nitriles is 2. The molecule has 0 bridgehead atoms. The highest BCUT2D eigenvalue weighted by Gasteiger charge is 2.43. The van der Waals surface area contributed by atoms with Crippen LogP contribution in [0.2, 0.25) is 0 Å². The standard InChI is InChI=1S/C29H29N5O4/c1-37-28(35)25-24(19-10-6-5-7-11-19)22(18-31)27(32)34(26(25)29(36)38-2)21-12-13-23(20(16-21)17-30)33-14-8-3-4-9-15-33/h5-7,10-13,16,24H,3-4,8-9,14-15,32H2,1-2H3. The van der Waals surface area contributed by atoms with E-state index in [9.17, 15) is 20.1 Å². The number of esters is 2. The average molecular weight is 512 g/mol. The third-order valence-corrected chi connectivity index (χ3v) is 6.92. The first-order chi connectivity index (χ1) is 18.5. The third kappa shape index (κ3) is 4.79. The number of benzene rings is 2. The van der Waals surface area contributed by atoms with Crippen LogP contribution in [0, 0.1) is 22.7 Å². The number of anilines is 2. The Bertz CT molecular complexity index is 1380. The van der Waals surface area contributed by atoms with Gasteiger partial charge in [-0.3, -0.25) is 4.90 Å². The maximum absolute atomic E-state index is 13.2. The summed E-state index contributed by atoms with van der Waals surface area (Å²) in [6.45, 7) is 1.69. The molecular formula is C29H29N5O4. The first kappa shape index (κ1) is 26.3. The summed E-state index contributed by atoms with van der Waals surface area (Å²) >= 11 is 0. The van der Waals surface area contributed by atoms with E-state index < -0.39 is 17.9 Å². The number of allylic oxidation sites excluding steroid dienone is 1. The van der Waals surface area contributed by atoms with Crippen molar-refractivity contribution >= 4 is 23.3 Å². The fourth-order valence-electron chi connectivity index (χ4n) is 5.12. The summed E-state index contributed by atoms with van der Waals surface area (Å²) < 4.78 is 10.1. The second kappa shape index (κ2) is 11.5. The fourth-order valence-corrected chi connectivity index (χ4v) is 5.12. The molecule has 4 rings (SSSR count). The smallest absolute Gasteiger partial charge is 0.355 e. The highest BCUT2D eigenvalue weighted by atomic mass is 16.5. The van der Waals surface area contributed by atoms with E-state index in [4.69, 9.17) is 15.2 Å². The Morgan fingerprint density at radius 3 is 2.16 bits per heavy atom. The third-order valence-electron chi connectivity index (χ3n) is 6.92. The summed E-state index contributed by atoms with van der Waals surface area (Å²) in [6, 6.07) is 18.4. The van der Waals surface area contributed by atoms with Gasteiger partial charge in [0.15, 0.2) is 0 Å². The number of carbonyl (C=O) groups is 2. The molecule has 9 nitrogen and oxygen atoms in total. The molecule has 1 atom stereocenters. The Labute approximate surface area is 221 Å². The molecule has 0 aliphatic carbocycles. The van der Waals surface area contributed by atoms with Gasteiger partial charge in [-0.05, 0) is 36.6 Å². The number of rotatable bonds is 5. The predicted octanol–water partition coefficient (Wildman–Crippen LogP) is 3.84. The minimum Gasteiger partial charge on any atom is -0.466 e. The van der Waals surface area contributed by atoms with Crippen molar-refractivity contribution < 1.29 is 19.1 Å². The number of ether oxygens (including phenoxy) is 2. The lowest BCUT2D eigenvalue weighted by atomic mass is 9.81. The SMILES string of the molecule is COC(=O)C1=C(C(=O)OC)N(c2ccc(N3CCCCCC3)c(C#N)c2)C(N)=C(C#N)C1c1ccccc1. The van der Waals surface area contributed by atoms with Crippen LogP contribution in [0.3, 0.4) is 0 Å². The molecule has 2 aromatic rings. The number of nitrogens with zero attached hydrogens (tertiary/aromatic N) is 4. The lowest BCUT2D eigenvalue weighted by Crippen LogP contribution is -2.40. The second-order valence-corrected chi connectivity index (χ2v) is 9.05. The molecule has 2 aliphatic rings. The van der Waals surface area contributed by atoms with Crippen molar-refractivity contribution in [1.29, 1.82) is 10.5 Å². The number of hydrogen-bond donors (Lipinski definition) is 1. The van der Waals surface area contributed by atoms with E-state index in [0.29, 0.717) is 16.8 Å². The van der Waals surface area contributed by atoms with Crippen LogP contribution in [0.15, 0.2) is 71.2 Å². The second-order valence-electron chi connectivity index (χ2n) is 9.05. The van der Waals surface area contributed by atoms with Gasteiger partial charge in [-0.15, -0.1) is 0 Å². The monoisotopic (exact) mass is 511 g/mol. The molecule has 9 heteroatoms. The number of carbonyl (C=O) groups excluding carboxylic acids is 2. The molecule has 0 aromatic heterocycles. The van der Waals surface area contributed by atoms with Crippen molar-refractivity contribution in [3.63, 3.8) is 0 Å². The molecule has 0 radical (unpaired) electrons. The molecule has 2 heterocycles. The topological polar surface area (TPSA) is 133 Å². The van der Waals surface area contributed by atoms with Gasteiger partial charge in [0.25, 0.3) is 0 Å². The van der Waals surface area contributed by atoms with Gasteiger partial charge in [-0.2, -0.15) is 10.5 Å². The molecule has 0 amide bonds. The van der Waals surface area contributed by atoms with Gasteiger partial charge in [0.2, 0.25) is 0 Å². The molecule has 38 heavy (non-hydrogen) atoms. The van der Waals surface area contributed by atoms with E-state index in [1.54, 1.807) is 42.5 Å². The summed E-state index contributed by atoms with van der Waals surface area (Å²) in [4.78, 5) is 29.9. The zero-order valence-electron chi connectivity index (χ0n) is 21.4. The molecule has 1 saturated heterocycles. The van der Waals surface area contributed by atoms with Crippen LogP contribution in [0.25, 0.3) is 0 Å². The van der Waals surface area contributed by atoms with Gasteiger partial charge in [-0.1, -0.05) is 43.2 Å². The van der Waals surface area contributed by atoms with Gasteiger partial charge in [0.1, 0.15) is 17.6 Å². The number of hydrogen-bond acceptors (Lipinski definition) is 9. The maximum atomic E-state index is 13.2. The summed E-state index contributed by atoms with van der Waals surface area (Å²) in [6.07, 6.45) is 4.38. The van der Waals surface area contributed by atoms with Crippen LogP contribution in [-0.2, 0) is 19.1 Å². The zero-order valence-corrected chi connectivity index (χ0v) is 21.4. The largest absolute Gasteiger partial charge is 0.466 e. The fraction of sp³-hybridized carbons (Fsp3) is 0.310. The van der Waals surface area contributed by atoms with E-state index in [1.165, 1.54) is 19.1 Å². The molecule has 0 saturated carbocycles. The van der Waals surface area contributed by atoms with Crippen molar-refractivity contribution in [1.82, 2.24) is 0 Å². The minimum atomic E-state index is -0.953. The van der Waals surface area contributed by atoms with Gasteiger partial charge < -0.3 is 20.1 Å². The predicted molar refractivity (Wildman–Crippen MR) is 141 cm³/mol. The quantitative estimate of drug-likeness (QED) is 0.595. The highest BCUT2D eigenvalue weighted by molar-refractivity contribution is 6.06.